The highest BCUT2D eigenvalue weighted by Gasteiger charge is 2.24. The van der Waals surface area contributed by atoms with Crippen molar-refractivity contribution in [3.05, 3.63) is 89.5 Å². The number of rotatable bonds is 5. The lowest BCUT2D eigenvalue weighted by Crippen LogP contribution is -2.39. The predicted molar refractivity (Wildman–Crippen MR) is 152 cm³/mol. The predicted octanol–water partition coefficient (Wildman–Crippen LogP) is 4.49. The van der Waals surface area contributed by atoms with Crippen molar-refractivity contribution in [2.45, 2.75) is 19.5 Å². The molecule has 7 heteroatoms. The van der Waals surface area contributed by atoms with E-state index in [1.165, 1.54) is 5.56 Å². The summed E-state index contributed by atoms with van der Waals surface area (Å²) in [6, 6.07) is 24.8. The Labute approximate surface area is 225 Å². The fraction of sp³-hybridized carbons (Fsp3) is 0.387. The molecule has 1 fully saturated rings. The summed E-state index contributed by atoms with van der Waals surface area (Å²) in [5, 5.41) is 3.61. The molecule has 1 amide bonds. The number of carbonyl (C=O) groups is 1. The lowest BCUT2D eigenvalue weighted by atomic mass is 10.1. The minimum atomic E-state index is -0.00864. The van der Waals surface area contributed by atoms with E-state index in [-0.39, 0.29) is 5.91 Å². The smallest absolute Gasteiger partial charge is 0.258 e. The van der Waals surface area contributed by atoms with Gasteiger partial charge in [0.1, 0.15) is 5.75 Å². The van der Waals surface area contributed by atoms with Crippen LogP contribution in [0.4, 0.5) is 11.4 Å². The summed E-state index contributed by atoms with van der Waals surface area (Å²) in [7, 11) is 1.63. The zero-order valence-corrected chi connectivity index (χ0v) is 22.3. The van der Waals surface area contributed by atoms with Gasteiger partial charge in [-0.25, -0.2) is 0 Å². The summed E-state index contributed by atoms with van der Waals surface area (Å²) in [6.45, 7) is 7.71. The number of morpholine rings is 1. The molecular weight excluding hydrogens is 476 g/mol. The van der Waals surface area contributed by atoms with E-state index in [4.69, 9.17) is 9.47 Å². The zero-order valence-electron chi connectivity index (χ0n) is 22.3. The Morgan fingerprint density at radius 2 is 1.71 bits per heavy atom. The van der Waals surface area contributed by atoms with Crippen LogP contribution >= 0.6 is 0 Å². The summed E-state index contributed by atoms with van der Waals surface area (Å²) in [6.07, 6.45) is 1.03. The van der Waals surface area contributed by atoms with Crippen molar-refractivity contribution in [2.75, 3.05) is 69.8 Å². The molecule has 1 saturated heterocycles. The molecular formula is C31H38N4O3. The quantitative estimate of drug-likeness (QED) is 0.542. The molecule has 0 aliphatic carbocycles. The van der Waals surface area contributed by atoms with Crippen molar-refractivity contribution in [3.63, 3.8) is 0 Å². The third kappa shape index (κ3) is 6.47. The first kappa shape index (κ1) is 26.1. The van der Waals surface area contributed by atoms with E-state index in [0.717, 1.165) is 62.6 Å². The third-order valence-corrected chi connectivity index (χ3v) is 7.36. The lowest BCUT2D eigenvalue weighted by Gasteiger charge is -2.31. The van der Waals surface area contributed by atoms with Crippen LogP contribution in [0.1, 0.15) is 27.9 Å². The molecule has 0 saturated carbocycles. The molecule has 1 N–H and O–H groups in total. The van der Waals surface area contributed by atoms with Crippen LogP contribution in [0.2, 0.25) is 0 Å². The molecule has 7 nitrogen and oxygen atoms in total. The number of methoxy groups -OCH3 is 1. The first-order valence-electron chi connectivity index (χ1n) is 13.6. The zero-order chi connectivity index (χ0) is 26.2. The van der Waals surface area contributed by atoms with Gasteiger partial charge in [0.05, 0.1) is 25.9 Å². The van der Waals surface area contributed by atoms with Crippen LogP contribution in [0.25, 0.3) is 0 Å². The largest absolute Gasteiger partial charge is 0.496 e. The molecule has 0 aromatic heterocycles. The molecule has 3 aromatic carbocycles. The Morgan fingerprint density at radius 3 is 2.53 bits per heavy atom. The number of carbonyl (C=O) groups excluding carboxylic acids is 1. The highest BCUT2D eigenvalue weighted by Crippen LogP contribution is 2.28. The average Bonchev–Trinajstić information content (AvgIpc) is 3.01. The number of para-hydroxylation sites is 1. The van der Waals surface area contributed by atoms with E-state index in [9.17, 15) is 4.79 Å². The number of hydrogen-bond acceptors (Lipinski definition) is 6. The Morgan fingerprint density at radius 1 is 0.921 bits per heavy atom. The monoisotopic (exact) mass is 514 g/mol. The van der Waals surface area contributed by atoms with Gasteiger partial charge in [-0.2, -0.15) is 0 Å². The maximum absolute atomic E-state index is 14.2. The fourth-order valence-electron chi connectivity index (χ4n) is 5.24. The van der Waals surface area contributed by atoms with Crippen LogP contribution in [0.3, 0.4) is 0 Å². The van der Waals surface area contributed by atoms with E-state index < -0.39 is 0 Å². The summed E-state index contributed by atoms with van der Waals surface area (Å²) >= 11 is 0. The first-order chi connectivity index (χ1) is 18.7. The van der Waals surface area contributed by atoms with Crippen LogP contribution < -0.4 is 15.0 Å². The minimum absolute atomic E-state index is 0.00864. The van der Waals surface area contributed by atoms with Crippen LogP contribution in [0.15, 0.2) is 72.8 Å². The van der Waals surface area contributed by atoms with Gasteiger partial charge in [0.25, 0.3) is 5.91 Å². The van der Waals surface area contributed by atoms with E-state index in [2.05, 4.69) is 57.6 Å². The maximum Gasteiger partial charge on any atom is 0.258 e. The molecule has 0 radical (unpaired) electrons. The van der Waals surface area contributed by atoms with Gasteiger partial charge in [-0.3, -0.25) is 9.69 Å². The first-order valence-corrected chi connectivity index (χ1v) is 13.6. The normalized spacial score (nSPS) is 17.2. The van der Waals surface area contributed by atoms with Gasteiger partial charge >= 0.3 is 0 Å². The van der Waals surface area contributed by atoms with Crippen LogP contribution in [0, 0.1) is 0 Å². The lowest BCUT2D eigenvalue weighted by molar-refractivity contribution is 0.0717. The molecule has 0 atom stereocenters. The molecule has 0 unspecified atom stereocenters. The summed E-state index contributed by atoms with van der Waals surface area (Å²) in [5.41, 5.74) is 5.14. The minimum Gasteiger partial charge on any atom is -0.496 e. The van der Waals surface area contributed by atoms with Crippen molar-refractivity contribution in [1.29, 1.82) is 0 Å². The topological polar surface area (TPSA) is 57.3 Å². The second kappa shape index (κ2) is 12.8. The number of fused-ring (bicyclic) bond motifs is 1. The van der Waals surface area contributed by atoms with Crippen LogP contribution in [-0.4, -0.2) is 75.3 Å². The Hall–Kier alpha value is -3.55. The standard InChI is InChI=1S/C31H38N4O3/c1-37-30-13-12-27(34-18-20-38-21-19-34)22-28(30)31(36)35-17-16-33(23-25-8-3-2-4-9-25)15-7-14-32-29-11-6-5-10-26(29)24-35/h2-6,8-13,22,32H,7,14-21,23-24H2,1H3. The molecule has 5 rings (SSSR count). The summed E-state index contributed by atoms with van der Waals surface area (Å²) in [5.74, 6) is 0.597. The number of nitrogens with zero attached hydrogens (tertiary/aromatic N) is 3. The van der Waals surface area contributed by atoms with Gasteiger partial charge in [0, 0.05) is 63.7 Å². The second-order valence-corrected chi connectivity index (χ2v) is 9.91. The Bertz CT molecular complexity index is 1200. The summed E-state index contributed by atoms with van der Waals surface area (Å²) < 4.78 is 11.2. The molecule has 2 heterocycles. The van der Waals surface area contributed by atoms with Crippen LogP contribution in [0.5, 0.6) is 5.75 Å². The van der Waals surface area contributed by atoms with Crippen molar-refractivity contribution in [2.24, 2.45) is 0 Å². The second-order valence-electron chi connectivity index (χ2n) is 9.91. The number of hydrogen-bond donors (Lipinski definition) is 1. The number of anilines is 2. The molecule has 2 aliphatic heterocycles. The van der Waals surface area contributed by atoms with Crippen molar-refractivity contribution in [1.82, 2.24) is 9.80 Å². The number of amides is 1. The molecule has 2 aliphatic rings. The van der Waals surface area contributed by atoms with Gasteiger partial charge in [0.15, 0.2) is 0 Å². The number of ether oxygens (including phenoxy) is 2. The van der Waals surface area contributed by atoms with E-state index in [1.54, 1.807) is 7.11 Å². The van der Waals surface area contributed by atoms with Crippen molar-refractivity contribution < 1.29 is 14.3 Å². The van der Waals surface area contributed by atoms with Gasteiger partial charge in [-0.15, -0.1) is 0 Å². The average molecular weight is 515 g/mol. The van der Waals surface area contributed by atoms with Gasteiger partial charge in [-0.05, 0) is 41.8 Å². The third-order valence-electron chi connectivity index (χ3n) is 7.36. The highest BCUT2D eigenvalue weighted by atomic mass is 16.5. The molecule has 38 heavy (non-hydrogen) atoms. The van der Waals surface area contributed by atoms with Crippen molar-refractivity contribution in [3.8, 4) is 5.75 Å². The molecule has 0 bridgehead atoms. The molecule has 0 spiro atoms. The van der Waals surface area contributed by atoms with Crippen molar-refractivity contribution >= 4 is 17.3 Å². The highest BCUT2D eigenvalue weighted by molar-refractivity contribution is 5.98. The number of nitrogens with one attached hydrogen (secondary N) is 1. The number of benzene rings is 3. The summed E-state index contributed by atoms with van der Waals surface area (Å²) in [4.78, 5) is 20.9. The maximum atomic E-state index is 14.2. The van der Waals surface area contributed by atoms with Gasteiger partial charge < -0.3 is 24.6 Å². The van der Waals surface area contributed by atoms with E-state index in [0.29, 0.717) is 37.6 Å². The Balaban J connectivity index is 1.43. The van der Waals surface area contributed by atoms with E-state index in [1.807, 2.05) is 35.2 Å². The van der Waals surface area contributed by atoms with Gasteiger partial charge in [-0.1, -0.05) is 48.5 Å². The SMILES string of the molecule is COc1ccc(N2CCOCC2)cc1C(=O)N1CCN(Cc2ccccc2)CCCNc2ccccc2C1. The Kier molecular flexibility index (Phi) is 8.78. The van der Waals surface area contributed by atoms with Crippen LogP contribution in [-0.2, 0) is 17.8 Å². The van der Waals surface area contributed by atoms with E-state index >= 15 is 0 Å². The van der Waals surface area contributed by atoms with Gasteiger partial charge in [0.2, 0.25) is 0 Å². The fourth-order valence-corrected chi connectivity index (χ4v) is 5.24. The molecule has 200 valence electrons. The molecule has 3 aromatic rings.